The minimum atomic E-state index is 0.111. The van der Waals surface area contributed by atoms with E-state index in [1.54, 1.807) is 0 Å². The first-order valence-electron chi connectivity index (χ1n) is 9.68. The highest BCUT2D eigenvalue weighted by molar-refractivity contribution is 5.92. The fourth-order valence-electron chi connectivity index (χ4n) is 3.78. The van der Waals surface area contributed by atoms with Crippen LogP contribution in [0.2, 0.25) is 0 Å². The highest BCUT2D eigenvalue weighted by atomic mass is 16.2. The molecule has 4 heteroatoms. The summed E-state index contributed by atoms with van der Waals surface area (Å²) in [7, 11) is 0. The van der Waals surface area contributed by atoms with Crippen molar-refractivity contribution in [2.24, 2.45) is 0 Å². The summed E-state index contributed by atoms with van der Waals surface area (Å²) in [4.78, 5) is 17.0. The molecule has 2 aliphatic rings. The van der Waals surface area contributed by atoms with Crippen LogP contribution in [0.15, 0.2) is 24.3 Å². The van der Waals surface area contributed by atoms with E-state index >= 15 is 0 Å². The Morgan fingerprint density at radius 3 is 1.92 bits per heavy atom. The van der Waals surface area contributed by atoms with Gasteiger partial charge in [0, 0.05) is 24.5 Å². The van der Waals surface area contributed by atoms with Gasteiger partial charge in [-0.1, -0.05) is 25.7 Å². The monoisotopic (exact) mass is 329 g/mol. The molecule has 24 heavy (non-hydrogen) atoms. The van der Waals surface area contributed by atoms with E-state index in [4.69, 9.17) is 0 Å². The summed E-state index contributed by atoms with van der Waals surface area (Å²) in [5.41, 5.74) is 2.19. The minimum Gasteiger partial charge on any atom is -0.372 e. The van der Waals surface area contributed by atoms with Crippen molar-refractivity contribution in [2.75, 3.05) is 42.9 Å². The minimum absolute atomic E-state index is 0.111. The number of rotatable bonds is 4. The average molecular weight is 329 g/mol. The van der Waals surface area contributed by atoms with Crippen LogP contribution in [0.25, 0.3) is 0 Å². The second-order valence-electron chi connectivity index (χ2n) is 7.19. The number of benzene rings is 1. The number of amides is 1. The van der Waals surface area contributed by atoms with Gasteiger partial charge in [0.15, 0.2) is 0 Å². The summed E-state index contributed by atoms with van der Waals surface area (Å²) < 4.78 is 0. The Morgan fingerprint density at radius 1 is 0.792 bits per heavy atom. The number of nitrogens with zero attached hydrogens (tertiary/aromatic N) is 2. The van der Waals surface area contributed by atoms with Gasteiger partial charge in [0.25, 0.3) is 0 Å². The smallest absolute Gasteiger partial charge is 0.238 e. The molecular formula is C20H31N3O. The van der Waals surface area contributed by atoms with Gasteiger partial charge in [-0.05, 0) is 63.0 Å². The van der Waals surface area contributed by atoms with E-state index < -0.39 is 0 Å². The molecule has 4 nitrogen and oxygen atoms in total. The van der Waals surface area contributed by atoms with Crippen LogP contribution in [0.5, 0.6) is 0 Å². The van der Waals surface area contributed by atoms with Crippen molar-refractivity contribution in [3.8, 4) is 0 Å². The van der Waals surface area contributed by atoms with E-state index in [2.05, 4.69) is 27.2 Å². The van der Waals surface area contributed by atoms with Crippen molar-refractivity contribution in [1.82, 2.24) is 4.90 Å². The van der Waals surface area contributed by atoms with Gasteiger partial charge in [-0.2, -0.15) is 0 Å². The van der Waals surface area contributed by atoms with Crippen molar-refractivity contribution in [1.29, 1.82) is 0 Å². The number of likely N-dealkylation sites (tertiary alicyclic amines) is 1. The van der Waals surface area contributed by atoms with E-state index in [1.807, 2.05) is 12.1 Å². The lowest BCUT2D eigenvalue weighted by molar-refractivity contribution is -0.117. The van der Waals surface area contributed by atoms with Crippen LogP contribution in [0, 0.1) is 0 Å². The summed E-state index contributed by atoms with van der Waals surface area (Å²) in [6.07, 6.45) is 10.3. The predicted octanol–water partition coefficient (Wildman–Crippen LogP) is 3.88. The van der Waals surface area contributed by atoms with Crippen LogP contribution in [0.4, 0.5) is 11.4 Å². The van der Waals surface area contributed by atoms with E-state index in [-0.39, 0.29) is 5.91 Å². The third kappa shape index (κ3) is 5.23. The topological polar surface area (TPSA) is 35.6 Å². The molecule has 1 N–H and O–H groups in total. The molecule has 1 aromatic carbocycles. The van der Waals surface area contributed by atoms with Crippen LogP contribution in [-0.2, 0) is 4.79 Å². The van der Waals surface area contributed by atoms with Gasteiger partial charge in [0.05, 0.1) is 6.54 Å². The molecule has 0 radical (unpaired) electrons. The van der Waals surface area contributed by atoms with Gasteiger partial charge < -0.3 is 10.2 Å². The molecule has 132 valence electrons. The Morgan fingerprint density at radius 2 is 1.33 bits per heavy atom. The molecule has 0 spiro atoms. The number of carbonyl (C=O) groups is 1. The van der Waals surface area contributed by atoms with E-state index in [1.165, 1.54) is 57.1 Å². The maximum atomic E-state index is 12.3. The zero-order valence-electron chi connectivity index (χ0n) is 14.8. The molecule has 2 fully saturated rings. The van der Waals surface area contributed by atoms with E-state index in [0.29, 0.717) is 6.54 Å². The predicted molar refractivity (Wildman–Crippen MR) is 101 cm³/mol. The summed E-state index contributed by atoms with van der Waals surface area (Å²) >= 11 is 0. The lowest BCUT2D eigenvalue weighted by Gasteiger charge is -2.23. The van der Waals surface area contributed by atoms with E-state index in [9.17, 15) is 4.79 Å². The quantitative estimate of drug-likeness (QED) is 0.910. The van der Waals surface area contributed by atoms with Gasteiger partial charge in [-0.25, -0.2) is 0 Å². The SMILES string of the molecule is O=C(CN1CCCCCC1)Nc1ccc(N2CCCCCC2)cc1. The van der Waals surface area contributed by atoms with Crippen LogP contribution in [0.1, 0.15) is 51.4 Å². The number of hydrogen-bond acceptors (Lipinski definition) is 3. The van der Waals surface area contributed by atoms with Crippen LogP contribution >= 0.6 is 0 Å². The molecule has 0 aromatic heterocycles. The van der Waals surface area contributed by atoms with Crippen molar-refractivity contribution in [2.45, 2.75) is 51.4 Å². The number of nitrogens with one attached hydrogen (secondary N) is 1. The molecule has 2 aliphatic heterocycles. The Balaban J connectivity index is 1.50. The summed E-state index contributed by atoms with van der Waals surface area (Å²) in [6, 6.07) is 8.38. The zero-order valence-corrected chi connectivity index (χ0v) is 14.8. The lowest BCUT2D eigenvalue weighted by atomic mass is 10.2. The van der Waals surface area contributed by atoms with Crippen molar-refractivity contribution in [3.63, 3.8) is 0 Å². The van der Waals surface area contributed by atoms with Gasteiger partial charge in [0.2, 0.25) is 5.91 Å². The summed E-state index contributed by atoms with van der Waals surface area (Å²) in [5, 5.41) is 3.05. The largest absolute Gasteiger partial charge is 0.372 e. The molecule has 1 aromatic rings. The van der Waals surface area contributed by atoms with Gasteiger partial charge in [-0.15, -0.1) is 0 Å². The first kappa shape index (κ1) is 17.3. The fourth-order valence-corrected chi connectivity index (χ4v) is 3.78. The molecule has 0 aliphatic carbocycles. The van der Waals surface area contributed by atoms with Crippen LogP contribution in [-0.4, -0.2) is 43.5 Å². The van der Waals surface area contributed by atoms with Gasteiger partial charge >= 0.3 is 0 Å². The van der Waals surface area contributed by atoms with E-state index in [0.717, 1.165) is 31.9 Å². The standard InChI is InChI=1S/C20H31N3O/c24-20(17-22-13-5-1-2-6-14-22)21-18-9-11-19(12-10-18)23-15-7-3-4-8-16-23/h9-12H,1-8,13-17H2,(H,21,24). The lowest BCUT2D eigenvalue weighted by Crippen LogP contribution is -2.33. The molecule has 0 atom stereocenters. The maximum absolute atomic E-state index is 12.3. The second kappa shape index (κ2) is 9.07. The molecule has 3 rings (SSSR count). The summed E-state index contributed by atoms with van der Waals surface area (Å²) in [6.45, 7) is 4.94. The number of carbonyl (C=O) groups excluding carboxylic acids is 1. The Bertz CT molecular complexity index is 498. The molecule has 0 bridgehead atoms. The molecule has 2 heterocycles. The Labute approximate surface area is 146 Å². The van der Waals surface area contributed by atoms with Crippen molar-refractivity contribution >= 4 is 17.3 Å². The zero-order chi connectivity index (χ0) is 16.6. The Kier molecular flexibility index (Phi) is 6.53. The third-order valence-electron chi connectivity index (χ3n) is 5.19. The normalized spacial score (nSPS) is 20.2. The van der Waals surface area contributed by atoms with Crippen LogP contribution < -0.4 is 10.2 Å². The van der Waals surface area contributed by atoms with Gasteiger partial charge in [-0.3, -0.25) is 9.69 Å². The Hall–Kier alpha value is -1.55. The highest BCUT2D eigenvalue weighted by Crippen LogP contribution is 2.21. The fraction of sp³-hybridized carbons (Fsp3) is 0.650. The molecular weight excluding hydrogens is 298 g/mol. The van der Waals surface area contributed by atoms with Crippen molar-refractivity contribution in [3.05, 3.63) is 24.3 Å². The van der Waals surface area contributed by atoms with Crippen molar-refractivity contribution < 1.29 is 4.79 Å². The van der Waals surface area contributed by atoms with Gasteiger partial charge in [0.1, 0.15) is 0 Å². The average Bonchev–Trinajstić information content (AvgIpc) is 3.00. The molecule has 0 saturated carbocycles. The second-order valence-corrected chi connectivity index (χ2v) is 7.19. The first-order valence-corrected chi connectivity index (χ1v) is 9.68. The highest BCUT2D eigenvalue weighted by Gasteiger charge is 2.13. The number of anilines is 2. The maximum Gasteiger partial charge on any atom is 0.238 e. The molecule has 2 saturated heterocycles. The summed E-state index contributed by atoms with van der Waals surface area (Å²) in [5.74, 6) is 0.111. The van der Waals surface area contributed by atoms with Crippen LogP contribution in [0.3, 0.4) is 0 Å². The third-order valence-corrected chi connectivity index (χ3v) is 5.19. The number of hydrogen-bond donors (Lipinski definition) is 1. The molecule has 1 amide bonds. The first-order chi connectivity index (χ1) is 11.8. The molecule has 0 unspecified atom stereocenters.